The van der Waals surface area contributed by atoms with Gasteiger partial charge in [0.1, 0.15) is 5.82 Å². The summed E-state index contributed by atoms with van der Waals surface area (Å²) in [5, 5.41) is 2.55. The van der Waals surface area contributed by atoms with E-state index in [-0.39, 0.29) is 11.5 Å². The van der Waals surface area contributed by atoms with Crippen LogP contribution >= 0.6 is 0 Å². The van der Waals surface area contributed by atoms with Crippen molar-refractivity contribution in [3.05, 3.63) is 180 Å². The third kappa shape index (κ3) is 4.57. The van der Waals surface area contributed by atoms with Crippen LogP contribution in [0.3, 0.4) is 0 Å². The quantitative estimate of drug-likeness (QED) is 0.200. The van der Waals surface area contributed by atoms with E-state index in [0.717, 1.165) is 30.8 Å². The predicted molar refractivity (Wildman–Crippen MR) is 214 cm³/mol. The number of rotatable bonds is 4. The molecule has 0 spiro atoms. The Labute approximate surface area is 300 Å². The van der Waals surface area contributed by atoms with Crippen molar-refractivity contribution in [3.63, 3.8) is 0 Å². The van der Waals surface area contributed by atoms with Gasteiger partial charge < -0.3 is 14.5 Å². The largest absolute Gasteiger partial charge is 0.341 e. The Hall–Kier alpha value is -5.80. The molecule has 0 bridgehead atoms. The van der Waals surface area contributed by atoms with Crippen LogP contribution < -0.4 is 4.90 Å². The number of fused-ring (bicyclic) bond motifs is 7. The highest BCUT2D eigenvalue weighted by atomic mass is 15.3. The molecule has 2 unspecified atom stereocenters. The first-order valence-electron chi connectivity index (χ1n) is 18.4. The van der Waals surface area contributed by atoms with Crippen LogP contribution in [0.4, 0.5) is 5.82 Å². The number of aromatic nitrogens is 2. The SMILES string of the molecule is CC1CC=CC2=C1N(c1ccc(-c3ccccc3)[nH]1)[C@@]1(C)C=CC=CC1c1c2c2c(n1-c1cccc(-c3cccc4ccccc34)c1)C=CCC2. The zero-order chi connectivity index (χ0) is 34.1. The van der Waals surface area contributed by atoms with E-state index in [1.54, 1.807) is 0 Å². The third-order valence-electron chi connectivity index (χ3n) is 11.7. The van der Waals surface area contributed by atoms with E-state index in [1.165, 1.54) is 66.9 Å². The maximum atomic E-state index is 3.90. The van der Waals surface area contributed by atoms with E-state index in [1.807, 2.05) is 0 Å². The fourth-order valence-corrected chi connectivity index (χ4v) is 9.33. The number of nitrogens with one attached hydrogen (secondary N) is 1. The van der Waals surface area contributed by atoms with Gasteiger partial charge in [-0.2, -0.15) is 0 Å². The minimum atomic E-state index is -0.367. The molecule has 0 radical (unpaired) electrons. The van der Waals surface area contributed by atoms with Gasteiger partial charge >= 0.3 is 0 Å². The second kappa shape index (κ2) is 11.6. The zero-order valence-corrected chi connectivity index (χ0v) is 29.2. The Morgan fingerprint density at radius 2 is 1.61 bits per heavy atom. The molecule has 1 aliphatic heterocycles. The van der Waals surface area contributed by atoms with Gasteiger partial charge in [-0.15, -0.1) is 0 Å². The van der Waals surface area contributed by atoms with Crippen molar-refractivity contribution >= 4 is 28.2 Å². The van der Waals surface area contributed by atoms with Gasteiger partial charge in [0.15, 0.2) is 0 Å². The van der Waals surface area contributed by atoms with Gasteiger partial charge in [0.25, 0.3) is 0 Å². The van der Waals surface area contributed by atoms with Gasteiger partial charge in [0, 0.05) is 51.4 Å². The number of aromatic amines is 1. The lowest BCUT2D eigenvalue weighted by molar-refractivity contribution is 0.459. The van der Waals surface area contributed by atoms with Crippen LogP contribution in [-0.4, -0.2) is 15.1 Å². The van der Waals surface area contributed by atoms with Gasteiger partial charge in [0.2, 0.25) is 0 Å². The average molecular weight is 660 g/mol. The van der Waals surface area contributed by atoms with Crippen molar-refractivity contribution in [2.45, 2.75) is 44.6 Å². The van der Waals surface area contributed by atoms with Crippen LogP contribution in [0.2, 0.25) is 0 Å². The van der Waals surface area contributed by atoms with Gasteiger partial charge in [-0.05, 0) is 89.6 Å². The van der Waals surface area contributed by atoms with Gasteiger partial charge in [-0.3, -0.25) is 0 Å². The van der Waals surface area contributed by atoms with Crippen LogP contribution in [-0.2, 0) is 6.42 Å². The molecule has 3 heteroatoms. The Kier molecular flexibility index (Phi) is 6.86. The van der Waals surface area contributed by atoms with E-state index in [0.29, 0.717) is 5.92 Å². The molecule has 3 aliphatic carbocycles. The molecule has 0 fully saturated rings. The molecule has 248 valence electrons. The molecular formula is C48H41N3. The topological polar surface area (TPSA) is 24.0 Å². The first-order valence-corrected chi connectivity index (χ1v) is 18.4. The Morgan fingerprint density at radius 1 is 0.784 bits per heavy atom. The molecule has 0 saturated carbocycles. The summed E-state index contributed by atoms with van der Waals surface area (Å²) < 4.78 is 2.62. The predicted octanol–water partition coefficient (Wildman–Crippen LogP) is 12.0. The lowest BCUT2D eigenvalue weighted by Gasteiger charge is -2.47. The summed E-state index contributed by atoms with van der Waals surface area (Å²) in [5.74, 6) is 1.58. The number of benzene rings is 4. The molecule has 1 N–H and O–H groups in total. The number of H-pyrrole nitrogens is 1. The van der Waals surface area contributed by atoms with Crippen LogP contribution in [0.25, 0.3) is 50.5 Å². The molecule has 3 atom stereocenters. The molecule has 3 heterocycles. The summed E-state index contributed by atoms with van der Waals surface area (Å²) in [7, 11) is 0. The summed E-state index contributed by atoms with van der Waals surface area (Å²) in [4.78, 5) is 6.56. The summed E-state index contributed by atoms with van der Waals surface area (Å²) in [5.41, 5.74) is 14.1. The molecule has 4 aliphatic rings. The molecule has 10 rings (SSSR count). The van der Waals surface area contributed by atoms with E-state index < -0.39 is 0 Å². The number of hydrogen-bond donors (Lipinski definition) is 1. The molecule has 4 aromatic carbocycles. The van der Waals surface area contributed by atoms with Crippen molar-refractivity contribution in [2.75, 3.05) is 4.90 Å². The average Bonchev–Trinajstić information content (AvgIpc) is 3.77. The van der Waals surface area contributed by atoms with Crippen molar-refractivity contribution in [1.29, 1.82) is 0 Å². The third-order valence-corrected chi connectivity index (χ3v) is 11.7. The first kappa shape index (κ1) is 30.1. The minimum Gasteiger partial charge on any atom is -0.341 e. The van der Waals surface area contributed by atoms with E-state index in [9.17, 15) is 0 Å². The van der Waals surface area contributed by atoms with Crippen LogP contribution in [0.5, 0.6) is 0 Å². The van der Waals surface area contributed by atoms with Crippen LogP contribution in [0.15, 0.2) is 157 Å². The van der Waals surface area contributed by atoms with E-state index >= 15 is 0 Å². The maximum Gasteiger partial charge on any atom is 0.111 e. The molecule has 6 aromatic rings. The fraction of sp³-hybridized carbons (Fsp3) is 0.167. The normalized spacial score (nSPS) is 21.7. The smallest absolute Gasteiger partial charge is 0.111 e. The summed E-state index contributed by atoms with van der Waals surface area (Å²) in [6.45, 7) is 4.86. The number of anilines is 1. The first-order chi connectivity index (χ1) is 25.1. The number of hydrogen-bond acceptors (Lipinski definition) is 1. The Balaban J connectivity index is 1.24. The van der Waals surface area contributed by atoms with Crippen molar-refractivity contribution in [1.82, 2.24) is 9.55 Å². The maximum absolute atomic E-state index is 3.90. The molecule has 3 nitrogen and oxygen atoms in total. The highest BCUT2D eigenvalue weighted by Crippen LogP contribution is 2.54. The summed E-state index contributed by atoms with van der Waals surface area (Å²) in [6, 6.07) is 39.9. The zero-order valence-electron chi connectivity index (χ0n) is 29.2. The Morgan fingerprint density at radius 3 is 2.53 bits per heavy atom. The molecule has 0 amide bonds. The van der Waals surface area contributed by atoms with Crippen molar-refractivity contribution < 1.29 is 0 Å². The molecule has 2 aromatic heterocycles. The van der Waals surface area contributed by atoms with E-state index in [4.69, 9.17) is 0 Å². The van der Waals surface area contributed by atoms with Gasteiger partial charge in [-0.1, -0.05) is 134 Å². The summed E-state index contributed by atoms with van der Waals surface area (Å²) in [6.07, 6.45) is 22.1. The number of nitrogens with zero attached hydrogens (tertiary/aromatic N) is 2. The van der Waals surface area contributed by atoms with Gasteiger partial charge in [0.05, 0.1) is 5.54 Å². The standard InChI is InChI=1S/C48H41N3/c1-32-15-12-25-40-45-39-23-8-9-27-43(39)50(36-21-13-20-35(31-36)38-24-14-19-33-16-6-7-22-37(33)38)47(45)41-26-10-11-30-48(41,2)51(46(32)40)44-29-28-42(49-44)34-17-4-3-5-18-34/h3-7,9-14,16-22,24-32,41,49H,8,15,23H2,1-2H3/t32?,41?,48-/m0/s1. The lowest BCUT2D eigenvalue weighted by atomic mass is 9.77. The van der Waals surface area contributed by atoms with E-state index in [2.05, 4.69) is 186 Å². The monoisotopic (exact) mass is 659 g/mol. The number of allylic oxidation sites excluding steroid dienone is 7. The van der Waals surface area contributed by atoms with Crippen LogP contribution in [0, 0.1) is 5.92 Å². The Bertz CT molecular complexity index is 2490. The van der Waals surface area contributed by atoms with Crippen molar-refractivity contribution in [3.8, 4) is 28.1 Å². The second-order valence-corrected chi connectivity index (χ2v) is 14.7. The van der Waals surface area contributed by atoms with Crippen molar-refractivity contribution in [2.24, 2.45) is 5.92 Å². The summed E-state index contributed by atoms with van der Waals surface area (Å²) >= 11 is 0. The van der Waals surface area contributed by atoms with Gasteiger partial charge in [-0.25, -0.2) is 0 Å². The second-order valence-electron chi connectivity index (χ2n) is 14.7. The highest BCUT2D eigenvalue weighted by Gasteiger charge is 2.49. The minimum absolute atomic E-state index is 0.0902. The lowest BCUT2D eigenvalue weighted by Crippen LogP contribution is -2.50. The molecule has 0 saturated heterocycles. The van der Waals surface area contributed by atoms with Crippen LogP contribution in [0.1, 0.15) is 55.1 Å². The molecular weight excluding hydrogens is 619 g/mol. The molecule has 51 heavy (non-hydrogen) atoms. The fourth-order valence-electron chi connectivity index (χ4n) is 9.33. The highest BCUT2D eigenvalue weighted by molar-refractivity contribution is 5.97.